The molecule has 2 aromatic carbocycles. The highest BCUT2D eigenvalue weighted by molar-refractivity contribution is 5.94. The summed E-state index contributed by atoms with van der Waals surface area (Å²) in [5, 5.41) is 15.8. The van der Waals surface area contributed by atoms with Gasteiger partial charge in [0, 0.05) is 24.2 Å². The standard InChI is InChI=1S/C23H27N7O2/c1-13(26-2)12-23(22-27-28-29-30(22)3)18-8-6-16(20(24)31)10-14(18)4-5-15-11-17(21(25)32)7-9-19(15)23/h6-11,13,26H,4-5,12H2,1-3H3,(H2,24,31)(H2,25,32)/t13-/m0/s1. The minimum absolute atomic E-state index is 0.108. The molecular formula is C23H27N7O2. The smallest absolute Gasteiger partial charge is 0.248 e. The second-order valence-corrected chi connectivity index (χ2v) is 8.40. The van der Waals surface area contributed by atoms with E-state index >= 15 is 0 Å². The van der Waals surface area contributed by atoms with Gasteiger partial charge in [-0.1, -0.05) is 12.1 Å². The van der Waals surface area contributed by atoms with Gasteiger partial charge in [0.25, 0.3) is 0 Å². The molecule has 32 heavy (non-hydrogen) atoms. The molecule has 1 atom stereocenters. The molecule has 0 radical (unpaired) electrons. The number of rotatable bonds is 6. The molecule has 9 heteroatoms. The minimum Gasteiger partial charge on any atom is -0.366 e. The van der Waals surface area contributed by atoms with Crippen LogP contribution in [0.15, 0.2) is 36.4 Å². The van der Waals surface area contributed by atoms with Gasteiger partial charge >= 0.3 is 0 Å². The van der Waals surface area contributed by atoms with Crippen molar-refractivity contribution in [3.05, 3.63) is 75.6 Å². The number of nitrogens with zero attached hydrogens (tertiary/aromatic N) is 4. The third-order valence-corrected chi connectivity index (χ3v) is 6.47. The van der Waals surface area contributed by atoms with Crippen LogP contribution >= 0.6 is 0 Å². The molecule has 2 amide bonds. The van der Waals surface area contributed by atoms with Crippen LogP contribution in [0.4, 0.5) is 0 Å². The van der Waals surface area contributed by atoms with Gasteiger partial charge in [0.05, 0.1) is 5.41 Å². The highest BCUT2D eigenvalue weighted by Gasteiger charge is 2.45. The number of primary amides is 2. The van der Waals surface area contributed by atoms with Gasteiger partial charge in [0.1, 0.15) is 0 Å². The van der Waals surface area contributed by atoms with E-state index in [0.717, 1.165) is 22.3 Å². The topological polar surface area (TPSA) is 142 Å². The normalized spacial score (nSPS) is 15.3. The number of tetrazole rings is 1. The second kappa shape index (κ2) is 8.16. The molecule has 0 saturated heterocycles. The van der Waals surface area contributed by atoms with Crippen molar-refractivity contribution in [2.45, 2.75) is 37.6 Å². The van der Waals surface area contributed by atoms with Gasteiger partial charge in [0.15, 0.2) is 5.82 Å². The fourth-order valence-corrected chi connectivity index (χ4v) is 4.86. The lowest BCUT2D eigenvalue weighted by atomic mass is 9.67. The highest BCUT2D eigenvalue weighted by Crippen LogP contribution is 2.47. The van der Waals surface area contributed by atoms with E-state index in [1.54, 1.807) is 16.8 Å². The number of nitrogens with one attached hydrogen (secondary N) is 1. The van der Waals surface area contributed by atoms with Crippen molar-refractivity contribution in [3.63, 3.8) is 0 Å². The summed E-state index contributed by atoms with van der Waals surface area (Å²) in [4.78, 5) is 23.8. The van der Waals surface area contributed by atoms with E-state index in [1.807, 2.05) is 38.4 Å². The van der Waals surface area contributed by atoms with Crippen molar-refractivity contribution in [1.29, 1.82) is 0 Å². The molecule has 1 aliphatic rings. The summed E-state index contributed by atoms with van der Waals surface area (Å²) >= 11 is 0. The van der Waals surface area contributed by atoms with Crippen LogP contribution in [0, 0.1) is 0 Å². The van der Waals surface area contributed by atoms with Crippen LogP contribution in [0.2, 0.25) is 0 Å². The molecule has 0 saturated carbocycles. The van der Waals surface area contributed by atoms with E-state index in [2.05, 4.69) is 27.8 Å². The Bertz CT molecular complexity index is 1140. The molecule has 0 bridgehead atoms. The lowest BCUT2D eigenvalue weighted by Crippen LogP contribution is -2.40. The third-order valence-electron chi connectivity index (χ3n) is 6.47. The zero-order valence-corrected chi connectivity index (χ0v) is 18.4. The molecule has 0 aliphatic heterocycles. The number of amides is 2. The van der Waals surface area contributed by atoms with Crippen molar-refractivity contribution in [2.75, 3.05) is 7.05 Å². The van der Waals surface area contributed by atoms with Crippen LogP contribution < -0.4 is 16.8 Å². The zero-order valence-electron chi connectivity index (χ0n) is 18.4. The first-order chi connectivity index (χ1) is 15.3. The molecule has 0 fully saturated rings. The minimum atomic E-state index is -0.714. The summed E-state index contributed by atoms with van der Waals surface area (Å²) in [6.07, 6.45) is 2.00. The van der Waals surface area contributed by atoms with Crippen molar-refractivity contribution >= 4 is 11.8 Å². The number of hydrogen-bond donors (Lipinski definition) is 3. The summed E-state index contributed by atoms with van der Waals surface area (Å²) in [6.45, 7) is 2.10. The highest BCUT2D eigenvalue weighted by atomic mass is 16.1. The fraction of sp³-hybridized carbons (Fsp3) is 0.348. The third kappa shape index (κ3) is 3.44. The van der Waals surface area contributed by atoms with E-state index in [4.69, 9.17) is 11.5 Å². The van der Waals surface area contributed by atoms with Crippen LogP contribution in [0.25, 0.3) is 0 Å². The Morgan fingerprint density at radius 3 is 2.00 bits per heavy atom. The molecule has 5 N–H and O–H groups in total. The zero-order chi connectivity index (χ0) is 23.0. The Labute approximate surface area is 186 Å². The Morgan fingerprint density at radius 2 is 1.59 bits per heavy atom. The summed E-state index contributed by atoms with van der Waals surface area (Å²) in [5.41, 5.74) is 15.4. The van der Waals surface area contributed by atoms with E-state index in [0.29, 0.717) is 36.2 Å². The molecule has 1 heterocycles. The number of aromatic nitrogens is 4. The average molecular weight is 434 g/mol. The Kier molecular flexibility index (Phi) is 5.52. The predicted octanol–water partition coefficient (Wildman–Crippen LogP) is 0.839. The molecule has 0 spiro atoms. The summed E-state index contributed by atoms with van der Waals surface area (Å²) < 4.78 is 1.69. The number of hydrogen-bond acceptors (Lipinski definition) is 6. The maximum Gasteiger partial charge on any atom is 0.248 e. The Balaban J connectivity index is 2.10. The number of nitrogens with two attached hydrogens (primary N) is 2. The lowest BCUT2D eigenvalue weighted by molar-refractivity contribution is 0.0991. The quantitative estimate of drug-likeness (QED) is 0.526. The van der Waals surface area contributed by atoms with E-state index < -0.39 is 17.2 Å². The van der Waals surface area contributed by atoms with E-state index in [9.17, 15) is 9.59 Å². The molecule has 166 valence electrons. The van der Waals surface area contributed by atoms with Gasteiger partial charge in [-0.3, -0.25) is 9.59 Å². The molecule has 9 nitrogen and oxygen atoms in total. The monoisotopic (exact) mass is 433 g/mol. The second-order valence-electron chi connectivity index (χ2n) is 8.40. The van der Waals surface area contributed by atoms with Gasteiger partial charge in [0.2, 0.25) is 11.8 Å². The van der Waals surface area contributed by atoms with Crippen LogP contribution in [0.3, 0.4) is 0 Å². The van der Waals surface area contributed by atoms with Crippen molar-refractivity contribution < 1.29 is 9.59 Å². The number of aryl methyl sites for hydroxylation is 3. The van der Waals surface area contributed by atoms with Gasteiger partial charge in [-0.25, -0.2) is 4.68 Å². The van der Waals surface area contributed by atoms with Gasteiger partial charge in [-0.05, 0) is 90.2 Å². The van der Waals surface area contributed by atoms with E-state index in [-0.39, 0.29) is 6.04 Å². The SMILES string of the molecule is CN[C@@H](C)CC1(c2nnnn2C)c2ccc(C(N)=O)cc2CCc2cc(C(N)=O)ccc21. The first-order valence-electron chi connectivity index (χ1n) is 10.5. The maximum absolute atomic E-state index is 11.9. The number of fused-ring (bicyclic) bond motifs is 2. The largest absolute Gasteiger partial charge is 0.366 e. The molecule has 0 unspecified atom stereocenters. The van der Waals surface area contributed by atoms with Gasteiger partial charge in [-0.15, -0.1) is 5.10 Å². The molecular weight excluding hydrogens is 406 g/mol. The first-order valence-corrected chi connectivity index (χ1v) is 10.5. The maximum atomic E-state index is 11.9. The molecule has 1 aliphatic carbocycles. The molecule has 3 aromatic rings. The van der Waals surface area contributed by atoms with Crippen molar-refractivity contribution in [3.8, 4) is 0 Å². The van der Waals surface area contributed by atoms with Crippen LogP contribution in [0.1, 0.15) is 62.1 Å². The molecule has 4 rings (SSSR count). The summed E-state index contributed by atoms with van der Waals surface area (Å²) in [7, 11) is 3.74. The summed E-state index contributed by atoms with van der Waals surface area (Å²) in [6, 6.07) is 11.3. The van der Waals surface area contributed by atoms with Crippen molar-refractivity contribution in [1.82, 2.24) is 25.5 Å². The number of carbonyl (C=O) groups is 2. The number of benzene rings is 2. The lowest BCUT2D eigenvalue weighted by Gasteiger charge is -2.37. The van der Waals surface area contributed by atoms with Crippen LogP contribution in [0.5, 0.6) is 0 Å². The van der Waals surface area contributed by atoms with E-state index in [1.165, 1.54) is 0 Å². The van der Waals surface area contributed by atoms with Gasteiger partial charge < -0.3 is 16.8 Å². The number of carbonyl (C=O) groups excluding carboxylic acids is 2. The fourth-order valence-electron chi connectivity index (χ4n) is 4.86. The van der Waals surface area contributed by atoms with Crippen LogP contribution in [-0.4, -0.2) is 45.1 Å². The van der Waals surface area contributed by atoms with Crippen molar-refractivity contribution in [2.24, 2.45) is 18.5 Å². The Morgan fingerprint density at radius 1 is 1.06 bits per heavy atom. The first kappa shape index (κ1) is 21.6. The Hall–Kier alpha value is -3.59. The molecule has 1 aromatic heterocycles. The predicted molar refractivity (Wildman–Crippen MR) is 119 cm³/mol. The average Bonchev–Trinajstić information content (AvgIpc) is 3.16. The van der Waals surface area contributed by atoms with Gasteiger partial charge in [-0.2, -0.15) is 0 Å². The summed E-state index contributed by atoms with van der Waals surface area (Å²) in [5.74, 6) is -0.261. The van der Waals surface area contributed by atoms with Crippen LogP contribution in [-0.2, 0) is 25.3 Å².